The van der Waals surface area contributed by atoms with E-state index in [2.05, 4.69) is 5.10 Å². The molecule has 0 saturated heterocycles. The van der Waals surface area contributed by atoms with Crippen LogP contribution in [0.5, 0.6) is 0 Å². The van der Waals surface area contributed by atoms with Gasteiger partial charge in [-0.3, -0.25) is 9.19 Å². The first-order valence-electron chi connectivity index (χ1n) is 6.84. The number of benzene rings is 2. The maximum Gasteiger partial charge on any atom is 0.188 e. The van der Waals surface area contributed by atoms with E-state index in [0.717, 1.165) is 35.0 Å². The predicted octanol–water partition coefficient (Wildman–Crippen LogP) is 3.62. The van der Waals surface area contributed by atoms with Crippen LogP contribution >= 0.6 is 11.6 Å². The van der Waals surface area contributed by atoms with Crippen LogP contribution in [0.3, 0.4) is 0 Å². The third-order valence-electron chi connectivity index (χ3n) is 3.46. The Morgan fingerprint density at radius 1 is 1.14 bits per heavy atom. The quantitative estimate of drug-likeness (QED) is 0.857. The molecule has 2 aromatic carbocycles. The van der Waals surface area contributed by atoms with Gasteiger partial charge in [0.15, 0.2) is 11.1 Å². The zero-order valence-corrected chi connectivity index (χ0v) is 13.6. The maximum absolute atomic E-state index is 11.5. The molecule has 4 nitrogen and oxygen atoms in total. The minimum absolute atomic E-state index is 0.646. The van der Waals surface area contributed by atoms with E-state index in [4.69, 9.17) is 15.8 Å². The Morgan fingerprint density at radius 2 is 1.82 bits per heavy atom. The highest BCUT2D eigenvalue weighted by atomic mass is 35.5. The molecule has 0 bridgehead atoms. The molecule has 6 heteroatoms. The molecule has 1 aliphatic heterocycles. The van der Waals surface area contributed by atoms with Gasteiger partial charge in [0.25, 0.3) is 0 Å². The third-order valence-corrected chi connectivity index (χ3v) is 4.67. The van der Waals surface area contributed by atoms with E-state index in [1.54, 1.807) is 12.1 Å². The van der Waals surface area contributed by atoms with Gasteiger partial charge in [-0.15, -0.1) is 0 Å². The Morgan fingerprint density at radius 3 is 2.45 bits per heavy atom. The van der Waals surface area contributed by atoms with Gasteiger partial charge < -0.3 is 0 Å². The molecule has 0 aliphatic carbocycles. The molecule has 3 rings (SSSR count). The molecule has 22 heavy (non-hydrogen) atoms. The summed E-state index contributed by atoms with van der Waals surface area (Å²) in [5, 5.41) is 7.32. The fourth-order valence-electron chi connectivity index (χ4n) is 2.31. The molecule has 114 valence electrons. The van der Waals surface area contributed by atoms with Crippen LogP contribution < -0.4 is 5.01 Å². The van der Waals surface area contributed by atoms with E-state index in [1.807, 2.05) is 41.4 Å². The lowest BCUT2D eigenvalue weighted by Crippen LogP contribution is -2.11. The van der Waals surface area contributed by atoms with Crippen molar-refractivity contribution in [2.75, 3.05) is 18.7 Å². The Hall–Kier alpha value is -1.69. The number of anilines is 1. The summed E-state index contributed by atoms with van der Waals surface area (Å²) in [4.78, 5) is 0.646. The van der Waals surface area contributed by atoms with E-state index in [-0.39, 0.29) is 0 Å². The zero-order valence-electron chi connectivity index (χ0n) is 12.0. The molecule has 0 spiro atoms. The maximum atomic E-state index is 11.5. The number of nitrogens with zero attached hydrogens (tertiary/aromatic N) is 2. The van der Waals surface area contributed by atoms with E-state index in [9.17, 15) is 4.21 Å². The van der Waals surface area contributed by atoms with Crippen molar-refractivity contribution < 1.29 is 8.39 Å². The summed E-state index contributed by atoms with van der Waals surface area (Å²) in [7, 11) is 1.42. The third kappa shape index (κ3) is 3.21. The second-order valence-electron chi connectivity index (χ2n) is 4.82. The monoisotopic (exact) mass is 334 g/mol. The number of rotatable bonds is 4. The fourth-order valence-corrected chi connectivity index (χ4v) is 2.99. The molecule has 1 heterocycles. The Labute approximate surface area is 137 Å². The smallest absolute Gasteiger partial charge is 0.188 e. The number of hydrogen-bond donors (Lipinski definition) is 0. The van der Waals surface area contributed by atoms with Gasteiger partial charge in [-0.25, -0.2) is 4.21 Å². The number of hydrazone groups is 1. The van der Waals surface area contributed by atoms with Crippen molar-refractivity contribution in [3.63, 3.8) is 0 Å². The molecule has 0 N–H and O–H groups in total. The summed E-state index contributed by atoms with van der Waals surface area (Å²) < 4.78 is 16.4. The summed E-state index contributed by atoms with van der Waals surface area (Å²) in [5.41, 5.74) is 3.10. The summed E-state index contributed by atoms with van der Waals surface area (Å²) in [6, 6.07) is 15.1. The van der Waals surface area contributed by atoms with E-state index >= 15 is 0 Å². The first-order valence-corrected chi connectivity index (χ1v) is 8.30. The SMILES string of the molecule is COS(=O)c1ccc(N2CCC(c3ccc(Cl)cc3)=N2)cc1. The van der Waals surface area contributed by atoms with Crippen molar-refractivity contribution in [3.8, 4) is 0 Å². The average Bonchev–Trinajstić information content (AvgIpc) is 3.05. The van der Waals surface area contributed by atoms with Gasteiger partial charge in [-0.05, 0) is 42.0 Å². The lowest BCUT2D eigenvalue weighted by molar-refractivity contribution is 0.446. The van der Waals surface area contributed by atoms with Crippen LogP contribution in [0.25, 0.3) is 0 Å². The van der Waals surface area contributed by atoms with Gasteiger partial charge >= 0.3 is 0 Å². The molecule has 0 aromatic heterocycles. The minimum atomic E-state index is -1.41. The van der Waals surface area contributed by atoms with Gasteiger partial charge in [0.1, 0.15) is 0 Å². The normalized spacial score (nSPS) is 15.7. The summed E-state index contributed by atoms with van der Waals surface area (Å²) in [6.07, 6.45) is 0.882. The lowest BCUT2D eigenvalue weighted by Gasteiger charge is -2.13. The highest BCUT2D eigenvalue weighted by Gasteiger charge is 2.17. The first-order chi connectivity index (χ1) is 10.7. The largest absolute Gasteiger partial charge is 0.290 e. The molecule has 0 fully saturated rings. The summed E-state index contributed by atoms with van der Waals surface area (Å²) >= 11 is 4.50. The van der Waals surface area contributed by atoms with Crippen molar-refractivity contribution in [3.05, 3.63) is 59.1 Å². The molecular formula is C16H15ClN2O2S. The fraction of sp³-hybridized carbons (Fsp3) is 0.188. The highest BCUT2D eigenvalue weighted by molar-refractivity contribution is 7.80. The molecule has 1 unspecified atom stereocenters. The molecule has 0 amide bonds. The number of hydrogen-bond acceptors (Lipinski definition) is 4. The van der Waals surface area contributed by atoms with Gasteiger partial charge in [-0.1, -0.05) is 23.7 Å². The Kier molecular flexibility index (Phi) is 4.57. The van der Waals surface area contributed by atoms with Crippen LogP contribution in [0, 0.1) is 0 Å². The minimum Gasteiger partial charge on any atom is -0.290 e. The first kappa shape index (κ1) is 15.2. The topological polar surface area (TPSA) is 41.9 Å². The molecule has 2 aromatic rings. The lowest BCUT2D eigenvalue weighted by atomic mass is 10.1. The molecule has 1 aliphatic rings. The van der Waals surface area contributed by atoms with E-state index in [0.29, 0.717) is 4.90 Å². The average molecular weight is 335 g/mol. The number of halogens is 1. The van der Waals surface area contributed by atoms with Crippen molar-refractivity contribution >= 4 is 34.1 Å². The van der Waals surface area contributed by atoms with Crippen LogP contribution in [0.1, 0.15) is 12.0 Å². The second kappa shape index (κ2) is 6.60. The summed E-state index contributed by atoms with van der Waals surface area (Å²) in [6.45, 7) is 0.824. The molecular weight excluding hydrogens is 320 g/mol. The molecule has 0 saturated carbocycles. The Balaban J connectivity index is 1.79. The standard InChI is InChI=1S/C16H15ClN2O2S/c1-21-22(20)15-8-6-14(7-9-15)19-11-10-16(18-19)12-2-4-13(17)5-3-12/h2-9H,10-11H2,1H3. The van der Waals surface area contributed by atoms with Crippen LogP contribution in [-0.2, 0) is 15.3 Å². The second-order valence-corrected chi connectivity index (χ2v) is 6.53. The molecule has 1 atom stereocenters. The van der Waals surface area contributed by atoms with Crippen molar-refractivity contribution in [2.24, 2.45) is 5.10 Å². The van der Waals surface area contributed by atoms with Gasteiger partial charge in [0.2, 0.25) is 0 Å². The van der Waals surface area contributed by atoms with Crippen molar-refractivity contribution in [1.82, 2.24) is 0 Å². The van der Waals surface area contributed by atoms with Crippen LogP contribution in [0.15, 0.2) is 58.5 Å². The van der Waals surface area contributed by atoms with Crippen molar-refractivity contribution in [2.45, 2.75) is 11.3 Å². The Bertz CT molecular complexity index is 714. The van der Waals surface area contributed by atoms with Crippen molar-refractivity contribution in [1.29, 1.82) is 0 Å². The van der Waals surface area contributed by atoms with E-state index in [1.165, 1.54) is 7.11 Å². The van der Waals surface area contributed by atoms with E-state index < -0.39 is 11.1 Å². The van der Waals surface area contributed by atoms with Crippen LogP contribution in [0.2, 0.25) is 5.02 Å². The van der Waals surface area contributed by atoms with Gasteiger partial charge in [0.05, 0.1) is 23.4 Å². The highest BCUT2D eigenvalue weighted by Crippen LogP contribution is 2.23. The van der Waals surface area contributed by atoms with Gasteiger partial charge in [-0.2, -0.15) is 5.10 Å². The molecule has 0 radical (unpaired) electrons. The van der Waals surface area contributed by atoms with Gasteiger partial charge in [0, 0.05) is 18.0 Å². The zero-order chi connectivity index (χ0) is 15.5. The summed E-state index contributed by atoms with van der Waals surface area (Å²) in [5.74, 6) is 0. The van der Waals surface area contributed by atoms with Crippen LogP contribution in [-0.4, -0.2) is 23.6 Å². The van der Waals surface area contributed by atoms with Crippen LogP contribution in [0.4, 0.5) is 5.69 Å². The predicted molar refractivity (Wildman–Crippen MR) is 89.8 cm³/mol.